The Morgan fingerprint density at radius 2 is 1.82 bits per heavy atom. The fourth-order valence-corrected chi connectivity index (χ4v) is 2.40. The summed E-state index contributed by atoms with van der Waals surface area (Å²) in [6.45, 7) is 9.29. The highest BCUT2D eigenvalue weighted by molar-refractivity contribution is 5.81. The molecule has 1 aliphatic rings. The standard InChI is InChI=1S/C14H28N2O/c1-14(2,3)13(17)16(5)11-8-12-6-9-15(4)10-7-12/h12H,6-11H2,1-5H3. The van der Waals surface area contributed by atoms with Gasteiger partial charge in [-0.1, -0.05) is 20.8 Å². The highest BCUT2D eigenvalue weighted by atomic mass is 16.2. The average Bonchev–Trinajstić information content (AvgIpc) is 2.25. The van der Waals surface area contributed by atoms with Crippen LogP contribution in [-0.2, 0) is 4.79 Å². The minimum atomic E-state index is -0.248. The van der Waals surface area contributed by atoms with E-state index >= 15 is 0 Å². The SMILES string of the molecule is CN1CCC(CCN(C)C(=O)C(C)(C)C)CC1. The molecule has 0 aromatic carbocycles. The molecule has 0 unspecified atom stereocenters. The lowest BCUT2D eigenvalue weighted by Crippen LogP contribution is -2.38. The number of nitrogens with zero attached hydrogens (tertiary/aromatic N) is 2. The molecule has 1 aliphatic heterocycles. The summed E-state index contributed by atoms with van der Waals surface area (Å²) in [5.41, 5.74) is -0.248. The molecule has 1 amide bonds. The third-order valence-corrected chi connectivity index (χ3v) is 3.70. The van der Waals surface area contributed by atoms with Crippen molar-refractivity contribution >= 4 is 5.91 Å². The third kappa shape index (κ3) is 4.66. The number of hydrogen-bond donors (Lipinski definition) is 0. The molecule has 100 valence electrons. The van der Waals surface area contributed by atoms with E-state index in [0.717, 1.165) is 18.9 Å². The van der Waals surface area contributed by atoms with Crippen molar-refractivity contribution in [3.8, 4) is 0 Å². The van der Waals surface area contributed by atoms with Crippen LogP contribution < -0.4 is 0 Å². The van der Waals surface area contributed by atoms with Crippen LogP contribution in [0, 0.1) is 11.3 Å². The molecule has 3 nitrogen and oxygen atoms in total. The minimum Gasteiger partial charge on any atom is -0.345 e. The van der Waals surface area contributed by atoms with E-state index in [2.05, 4.69) is 11.9 Å². The molecule has 17 heavy (non-hydrogen) atoms. The molecule has 0 aliphatic carbocycles. The number of rotatable bonds is 3. The molecule has 0 N–H and O–H groups in total. The van der Waals surface area contributed by atoms with E-state index in [1.54, 1.807) is 0 Å². The van der Waals surface area contributed by atoms with Gasteiger partial charge in [-0.15, -0.1) is 0 Å². The van der Waals surface area contributed by atoms with Gasteiger partial charge in [-0.05, 0) is 45.3 Å². The Morgan fingerprint density at radius 3 is 2.29 bits per heavy atom. The Balaban J connectivity index is 2.29. The Bertz CT molecular complexity index is 249. The molecule has 1 saturated heterocycles. The van der Waals surface area contributed by atoms with Crippen LogP contribution in [0.25, 0.3) is 0 Å². The van der Waals surface area contributed by atoms with Crippen LogP contribution in [0.15, 0.2) is 0 Å². The van der Waals surface area contributed by atoms with E-state index in [1.807, 2.05) is 32.7 Å². The number of likely N-dealkylation sites (tertiary alicyclic amines) is 1. The molecule has 3 heteroatoms. The van der Waals surface area contributed by atoms with Gasteiger partial charge in [-0.2, -0.15) is 0 Å². The summed E-state index contributed by atoms with van der Waals surface area (Å²) in [5, 5.41) is 0. The average molecular weight is 240 g/mol. The van der Waals surface area contributed by atoms with Crippen molar-refractivity contribution in [2.24, 2.45) is 11.3 Å². The highest BCUT2D eigenvalue weighted by Crippen LogP contribution is 2.21. The molecule has 1 fully saturated rings. The number of carbonyl (C=O) groups is 1. The fraction of sp³-hybridized carbons (Fsp3) is 0.929. The van der Waals surface area contributed by atoms with E-state index in [4.69, 9.17) is 0 Å². The zero-order valence-electron chi connectivity index (χ0n) is 12.1. The first-order valence-corrected chi connectivity index (χ1v) is 6.75. The molecule has 0 saturated carbocycles. The number of amides is 1. The normalized spacial score (nSPS) is 19.4. The maximum absolute atomic E-state index is 12.0. The van der Waals surface area contributed by atoms with Crippen molar-refractivity contribution in [3.63, 3.8) is 0 Å². The zero-order valence-corrected chi connectivity index (χ0v) is 12.1. The molecule has 0 aromatic heterocycles. The van der Waals surface area contributed by atoms with Crippen LogP contribution >= 0.6 is 0 Å². The van der Waals surface area contributed by atoms with Crippen LogP contribution in [0.2, 0.25) is 0 Å². The van der Waals surface area contributed by atoms with Gasteiger partial charge in [0.2, 0.25) is 5.91 Å². The van der Waals surface area contributed by atoms with Gasteiger partial charge in [0.25, 0.3) is 0 Å². The van der Waals surface area contributed by atoms with Gasteiger partial charge in [0.05, 0.1) is 0 Å². The maximum atomic E-state index is 12.0. The van der Waals surface area contributed by atoms with E-state index in [9.17, 15) is 4.79 Å². The predicted octanol–water partition coefficient (Wildman–Crippen LogP) is 2.22. The first kappa shape index (κ1) is 14.5. The largest absolute Gasteiger partial charge is 0.345 e. The van der Waals surface area contributed by atoms with E-state index in [0.29, 0.717) is 0 Å². The topological polar surface area (TPSA) is 23.6 Å². The summed E-state index contributed by atoms with van der Waals surface area (Å²) in [6, 6.07) is 0. The Labute approximate surface area is 106 Å². The van der Waals surface area contributed by atoms with Gasteiger partial charge in [-0.3, -0.25) is 4.79 Å². The first-order chi connectivity index (χ1) is 7.80. The first-order valence-electron chi connectivity index (χ1n) is 6.75. The highest BCUT2D eigenvalue weighted by Gasteiger charge is 2.25. The molecule has 1 heterocycles. The van der Waals surface area contributed by atoms with Gasteiger partial charge in [-0.25, -0.2) is 0 Å². The number of carbonyl (C=O) groups excluding carboxylic acids is 1. The molecule has 0 radical (unpaired) electrons. The summed E-state index contributed by atoms with van der Waals surface area (Å²) < 4.78 is 0. The lowest BCUT2D eigenvalue weighted by Gasteiger charge is -2.31. The molecule has 0 atom stereocenters. The lowest BCUT2D eigenvalue weighted by molar-refractivity contribution is -0.138. The van der Waals surface area contributed by atoms with Crippen molar-refractivity contribution in [1.29, 1.82) is 0 Å². The molecule has 0 aromatic rings. The Hall–Kier alpha value is -0.570. The second kappa shape index (κ2) is 5.85. The smallest absolute Gasteiger partial charge is 0.227 e. The van der Waals surface area contributed by atoms with Crippen molar-refractivity contribution < 1.29 is 4.79 Å². The summed E-state index contributed by atoms with van der Waals surface area (Å²) in [5.74, 6) is 1.06. The monoisotopic (exact) mass is 240 g/mol. The van der Waals surface area contributed by atoms with Crippen LogP contribution in [0.5, 0.6) is 0 Å². The van der Waals surface area contributed by atoms with E-state index < -0.39 is 0 Å². The van der Waals surface area contributed by atoms with Gasteiger partial charge >= 0.3 is 0 Å². The summed E-state index contributed by atoms with van der Waals surface area (Å²) in [6.07, 6.45) is 3.73. The van der Waals surface area contributed by atoms with Crippen LogP contribution in [0.4, 0.5) is 0 Å². The lowest BCUT2D eigenvalue weighted by atomic mass is 9.92. The Morgan fingerprint density at radius 1 is 1.29 bits per heavy atom. The quantitative estimate of drug-likeness (QED) is 0.755. The van der Waals surface area contributed by atoms with Crippen LogP contribution in [-0.4, -0.2) is 49.4 Å². The number of piperidine rings is 1. The summed E-state index contributed by atoms with van der Waals surface area (Å²) >= 11 is 0. The maximum Gasteiger partial charge on any atom is 0.227 e. The molecule has 0 spiro atoms. The molecule has 0 bridgehead atoms. The summed E-state index contributed by atoms with van der Waals surface area (Å²) in [7, 11) is 4.12. The number of hydrogen-bond acceptors (Lipinski definition) is 2. The second-order valence-electron chi connectivity index (χ2n) is 6.51. The van der Waals surface area contributed by atoms with Crippen molar-refractivity contribution in [2.45, 2.75) is 40.0 Å². The summed E-state index contributed by atoms with van der Waals surface area (Å²) in [4.78, 5) is 16.3. The molecular weight excluding hydrogens is 212 g/mol. The van der Waals surface area contributed by atoms with Crippen LogP contribution in [0.1, 0.15) is 40.0 Å². The van der Waals surface area contributed by atoms with Gasteiger partial charge in [0, 0.05) is 19.0 Å². The van der Waals surface area contributed by atoms with Gasteiger partial charge < -0.3 is 9.80 Å². The van der Waals surface area contributed by atoms with Gasteiger partial charge in [0.1, 0.15) is 0 Å². The van der Waals surface area contributed by atoms with Crippen molar-refractivity contribution in [3.05, 3.63) is 0 Å². The predicted molar refractivity (Wildman–Crippen MR) is 71.9 cm³/mol. The second-order valence-corrected chi connectivity index (χ2v) is 6.51. The minimum absolute atomic E-state index is 0.248. The van der Waals surface area contributed by atoms with Crippen molar-refractivity contribution in [2.75, 3.05) is 33.7 Å². The van der Waals surface area contributed by atoms with Gasteiger partial charge in [0.15, 0.2) is 0 Å². The van der Waals surface area contributed by atoms with Crippen molar-refractivity contribution in [1.82, 2.24) is 9.80 Å². The Kier molecular flexibility index (Phi) is 4.99. The van der Waals surface area contributed by atoms with Crippen LogP contribution in [0.3, 0.4) is 0 Å². The zero-order chi connectivity index (χ0) is 13.1. The van der Waals surface area contributed by atoms with E-state index in [1.165, 1.54) is 25.9 Å². The fourth-order valence-electron chi connectivity index (χ4n) is 2.40. The molecule has 1 rings (SSSR count). The van der Waals surface area contributed by atoms with E-state index in [-0.39, 0.29) is 11.3 Å². The third-order valence-electron chi connectivity index (χ3n) is 3.70. The molecular formula is C14H28N2O.